The van der Waals surface area contributed by atoms with E-state index >= 15 is 8.42 Å². The van der Waals surface area contributed by atoms with Crippen LogP contribution in [-0.4, -0.2) is 91.8 Å². The van der Waals surface area contributed by atoms with Crippen LogP contribution in [0.1, 0.15) is 87.1 Å². The Morgan fingerprint density at radius 1 is 1.00 bits per heavy atom. The van der Waals surface area contributed by atoms with Crippen LogP contribution in [0.3, 0.4) is 0 Å². The van der Waals surface area contributed by atoms with E-state index in [4.69, 9.17) is 28.9 Å². The van der Waals surface area contributed by atoms with Gasteiger partial charge in [-0.15, -0.1) is 6.58 Å². The first kappa shape index (κ1) is 45.9. The van der Waals surface area contributed by atoms with E-state index in [2.05, 4.69) is 17.6 Å². The monoisotopic (exact) mass is 881 g/mol. The van der Waals surface area contributed by atoms with Crippen molar-refractivity contribution in [1.82, 2.24) is 9.29 Å². The number of methoxy groups -OCH3 is 1. The number of para-hydroxylation sites is 1. The maximum atomic E-state index is 15.5. The number of nitrogens with zero attached hydrogens (tertiary/aromatic N) is 3. The van der Waals surface area contributed by atoms with E-state index in [-0.39, 0.29) is 55.4 Å². The molecule has 2 aliphatic carbocycles. The summed E-state index contributed by atoms with van der Waals surface area (Å²) in [5.41, 5.74) is 3.04. The van der Waals surface area contributed by atoms with E-state index in [0.29, 0.717) is 71.0 Å². The van der Waals surface area contributed by atoms with Gasteiger partial charge in [0.2, 0.25) is 15.8 Å². The van der Waals surface area contributed by atoms with Gasteiger partial charge < -0.3 is 34.0 Å². The highest BCUT2D eigenvalue weighted by Crippen LogP contribution is 2.62. The summed E-state index contributed by atoms with van der Waals surface area (Å²) in [6.07, 6.45) is 11.1. The fourth-order valence-corrected chi connectivity index (χ4v) is 11.8. The second-order valence-corrected chi connectivity index (χ2v) is 18.1. The molecule has 1 saturated carbocycles. The molecule has 2 heterocycles. The zero-order chi connectivity index (χ0) is 44.6. The third kappa shape index (κ3) is 9.14. The van der Waals surface area contributed by atoms with Gasteiger partial charge in [0.1, 0.15) is 34.5 Å². The Hall–Kier alpha value is -5.12. The Balaban J connectivity index is 1.48. The highest BCUT2D eigenvalue weighted by atomic mass is 32.2. The lowest BCUT2D eigenvalue weighted by Gasteiger charge is -2.59. The molecule has 1 fully saturated rings. The van der Waals surface area contributed by atoms with E-state index in [1.807, 2.05) is 38.1 Å². The molecule has 0 saturated heterocycles. The highest BCUT2D eigenvalue weighted by molar-refractivity contribution is 7.89. The van der Waals surface area contributed by atoms with Crippen LogP contribution < -0.4 is 14.2 Å². The first-order chi connectivity index (χ1) is 30.7. The molecule has 0 unspecified atom stereocenters. The number of aromatic nitrogens is 1. The van der Waals surface area contributed by atoms with Crippen molar-refractivity contribution in [3.8, 4) is 23.0 Å². The summed E-state index contributed by atoms with van der Waals surface area (Å²) in [4.78, 5) is 22.4. The first-order valence-electron chi connectivity index (χ1n) is 22.1. The Labute approximate surface area is 370 Å². The maximum Gasteiger partial charge on any atom is 0.245 e. The summed E-state index contributed by atoms with van der Waals surface area (Å²) in [5.74, 6) is -0.653. The molecule has 2 N–H and O–H groups in total. The number of sulfonamides is 1. The van der Waals surface area contributed by atoms with Gasteiger partial charge in [0.25, 0.3) is 0 Å². The van der Waals surface area contributed by atoms with E-state index in [1.165, 1.54) is 11.4 Å². The molecule has 3 aromatic carbocycles. The molecule has 1 aliphatic heterocycles. The lowest BCUT2D eigenvalue weighted by atomic mass is 9.55. The van der Waals surface area contributed by atoms with E-state index in [9.17, 15) is 15.0 Å². The smallest absolute Gasteiger partial charge is 0.245 e. The minimum absolute atomic E-state index is 0.0106. The molecular weight excluding hydrogens is 823 g/mol. The second kappa shape index (κ2) is 20.6. The highest BCUT2D eigenvalue weighted by Gasteiger charge is 2.66. The molecule has 6 atom stereocenters. The van der Waals surface area contributed by atoms with Gasteiger partial charge in [-0.2, -0.15) is 4.31 Å². The van der Waals surface area contributed by atoms with Crippen LogP contribution in [0.15, 0.2) is 107 Å². The van der Waals surface area contributed by atoms with Crippen molar-refractivity contribution < 1.29 is 47.2 Å². The van der Waals surface area contributed by atoms with Crippen LogP contribution in [0.5, 0.6) is 23.0 Å². The Bertz CT molecular complexity index is 2420. The quantitative estimate of drug-likeness (QED) is 0.0336. The molecule has 336 valence electrons. The second-order valence-electron chi connectivity index (χ2n) is 16.3. The first-order valence-corrected chi connectivity index (χ1v) is 23.5. The number of ether oxygens (including phenoxy) is 4. The standard InChI is InChI=1S/C49H59N3O10S/c1-5-24-52(63(56,57)44-18-12-15-33-16-13-23-50-48(33)44)45-31-41(51-60-7-3)39-29-34(14-8-10-25-53)38(17-9-11-26-54)46-40-30-37(61-36-19-21-42(58-4)35(28-36)32-55)20-22-43(40)62-49(45,47(39)46)59-27-6-2/h6,12-13,15-16,18-23,28-30,32,34,38,45-47,53-54H,2,5,7-11,14,17,24-27,31H2,1,3-4H3/t34-,38+,45-,46+,47+,49+/m0/s1. The van der Waals surface area contributed by atoms with Gasteiger partial charge >= 0.3 is 0 Å². The SMILES string of the molecule is C=CCO[C@@]12Oc3ccc(Oc4ccc(OC)c(C=O)c4)cc3[C@H]3[C@H](CCCCO)[C@@H](CCCCO)C=C(C(=NOCC)C[C@@H]1N(CCC)S(=O)(=O)c1cccc4cccnc14)[C@H]32. The number of aldehydes is 1. The van der Waals surface area contributed by atoms with Crippen molar-refractivity contribution >= 4 is 32.9 Å². The van der Waals surface area contributed by atoms with Crippen LogP contribution in [0.2, 0.25) is 0 Å². The number of fused-ring (bicyclic) bond motifs is 3. The fraction of sp³-hybridized carbons (Fsp3) is 0.449. The lowest BCUT2D eigenvalue weighted by molar-refractivity contribution is -0.251. The molecule has 7 rings (SSSR count). The molecule has 13 nitrogen and oxygen atoms in total. The number of allylic oxidation sites excluding steroid dienone is 1. The molecule has 0 bridgehead atoms. The Kier molecular flexibility index (Phi) is 15.0. The van der Waals surface area contributed by atoms with E-state index < -0.39 is 27.8 Å². The number of pyridine rings is 1. The maximum absolute atomic E-state index is 15.5. The van der Waals surface area contributed by atoms with Crippen molar-refractivity contribution in [1.29, 1.82) is 0 Å². The number of benzene rings is 3. The van der Waals surface area contributed by atoms with Gasteiger partial charge in [0.05, 0.1) is 42.5 Å². The number of carbonyl (C=O) groups excluding carboxylic acids is 1. The molecule has 0 amide bonds. The zero-order valence-electron chi connectivity index (χ0n) is 36.4. The van der Waals surface area contributed by atoms with Gasteiger partial charge in [-0.05, 0) is 105 Å². The number of oxime groups is 1. The molecule has 1 aromatic heterocycles. The van der Waals surface area contributed by atoms with Crippen LogP contribution >= 0.6 is 0 Å². The van der Waals surface area contributed by atoms with Crippen LogP contribution in [-0.2, 0) is 19.6 Å². The van der Waals surface area contributed by atoms with Crippen molar-refractivity contribution in [2.24, 2.45) is 22.9 Å². The summed E-state index contributed by atoms with van der Waals surface area (Å²) in [6.45, 7) is 8.44. The summed E-state index contributed by atoms with van der Waals surface area (Å²) in [7, 11) is -2.79. The predicted molar refractivity (Wildman–Crippen MR) is 241 cm³/mol. The van der Waals surface area contributed by atoms with Crippen LogP contribution in [0, 0.1) is 17.8 Å². The largest absolute Gasteiger partial charge is 0.496 e. The third-order valence-electron chi connectivity index (χ3n) is 12.5. The summed E-state index contributed by atoms with van der Waals surface area (Å²) < 4.78 is 58.7. The lowest BCUT2D eigenvalue weighted by Crippen LogP contribution is -2.70. The average Bonchev–Trinajstić information content (AvgIpc) is 3.30. The topological polar surface area (TPSA) is 166 Å². The Morgan fingerprint density at radius 2 is 1.76 bits per heavy atom. The van der Waals surface area contributed by atoms with Gasteiger partial charge in [-0.1, -0.05) is 55.3 Å². The number of hydrogen-bond donors (Lipinski definition) is 2. The van der Waals surface area contributed by atoms with E-state index in [1.54, 1.807) is 54.7 Å². The Morgan fingerprint density at radius 3 is 2.49 bits per heavy atom. The van der Waals surface area contributed by atoms with Crippen molar-refractivity contribution in [2.45, 2.75) is 87.9 Å². The normalized spacial score (nSPS) is 23.4. The number of unbranched alkanes of at least 4 members (excludes halogenated alkanes) is 2. The van der Waals surface area contributed by atoms with Crippen molar-refractivity contribution in [3.05, 3.63) is 108 Å². The molecule has 0 radical (unpaired) electrons. The number of carbonyl (C=O) groups is 1. The third-order valence-corrected chi connectivity index (χ3v) is 14.4. The number of rotatable bonds is 22. The number of hydrogen-bond acceptors (Lipinski definition) is 12. The molecule has 0 spiro atoms. The molecule has 63 heavy (non-hydrogen) atoms. The van der Waals surface area contributed by atoms with Gasteiger partial charge in [-0.25, -0.2) is 8.42 Å². The molecule has 3 aliphatic rings. The molecule has 4 aromatic rings. The summed E-state index contributed by atoms with van der Waals surface area (Å²) >= 11 is 0. The minimum Gasteiger partial charge on any atom is -0.496 e. The minimum atomic E-state index is -4.29. The van der Waals surface area contributed by atoms with Gasteiger partial charge in [-0.3, -0.25) is 9.78 Å². The van der Waals surface area contributed by atoms with Gasteiger partial charge in [0, 0.05) is 49.2 Å². The summed E-state index contributed by atoms with van der Waals surface area (Å²) in [6, 6.07) is 18.5. The predicted octanol–water partition coefficient (Wildman–Crippen LogP) is 8.60. The van der Waals surface area contributed by atoms with Crippen molar-refractivity contribution in [2.75, 3.05) is 40.1 Å². The summed E-state index contributed by atoms with van der Waals surface area (Å²) in [5, 5.41) is 25.3. The van der Waals surface area contributed by atoms with E-state index in [0.717, 1.165) is 43.1 Å². The average molecular weight is 882 g/mol. The van der Waals surface area contributed by atoms with Gasteiger partial charge in [0.15, 0.2) is 6.29 Å². The van der Waals surface area contributed by atoms with Crippen LogP contribution in [0.4, 0.5) is 0 Å². The van der Waals surface area contributed by atoms with Crippen molar-refractivity contribution in [3.63, 3.8) is 0 Å². The fourth-order valence-electron chi connectivity index (χ4n) is 9.91. The molecular formula is C49H59N3O10S. The van der Waals surface area contributed by atoms with Crippen LogP contribution in [0.25, 0.3) is 10.9 Å². The number of aliphatic hydroxyl groups is 2. The zero-order valence-corrected chi connectivity index (χ0v) is 37.2. The number of aliphatic hydroxyl groups excluding tert-OH is 2. The molecule has 14 heteroatoms.